The summed E-state index contributed by atoms with van der Waals surface area (Å²) in [6, 6.07) is 11.6. The van der Waals surface area contributed by atoms with Gasteiger partial charge in [0.05, 0.1) is 11.9 Å². The van der Waals surface area contributed by atoms with Gasteiger partial charge in [-0.1, -0.05) is 17.7 Å². The van der Waals surface area contributed by atoms with E-state index < -0.39 is 10.0 Å². The van der Waals surface area contributed by atoms with Crippen molar-refractivity contribution in [2.45, 2.75) is 6.92 Å². The van der Waals surface area contributed by atoms with Gasteiger partial charge in [-0.3, -0.25) is 9.10 Å². The summed E-state index contributed by atoms with van der Waals surface area (Å²) in [5.74, 6) is -0.288. The molecule has 0 saturated carbocycles. The van der Waals surface area contributed by atoms with E-state index >= 15 is 0 Å². The topological polar surface area (TPSA) is 66.5 Å². The standard InChI is InChI=1S/C16H17ClN2O3S/c1-11-4-7-13(17)10-15(11)18-16(20)12-5-8-14(9-6-12)19(2)23(3,21)22/h4-10H,1-3H3,(H,18,20). The molecule has 1 N–H and O–H groups in total. The third-order valence-electron chi connectivity index (χ3n) is 3.44. The third-order valence-corrected chi connectivity index (χ3v) is 4.88. The number of hydrogen-bond acceptors (Lipinski definition) is 3. The minimum absolute atomic E-state index is 0.288. The Morgan fingerprint density at radius 3 is 2.30 bits per heavy atom. The number of rotatable bonds is 4. The highest BCUT2D eigenvalue weighted by atomic mass is 35.5. The summed E-state index contributed by atoms with van der Waals surface area (Å²) < 4.78 is 24.1. The SMILES string of the molecule is Cc1ccc(Cl)cc1NC(=O)c1ccc(N(C)S(C)(=O)=O)cc1. The van der Waals surface area contributed by atoms with Crippen molar-refractivity contribution in [2.24, 2.45) is 0 Å². The number of nitrogens with one attached hydrogen (secondary N) is 1. The van der Waals surface area contributed by atoms with Gasteiger partial charge in [0.25, 0.3) is 5.91 Å². The molecule has 0 bridgehead atoms. The number of nitrogens with zero attached hydrogens (tertiary/aromatic N) is 1. The van der Waals surface area contributed by atoms with E-state index in [0.29, 0.717) is 22.0 Å². The largest absolute Gasteiger partial charge is 0.322 e. The molecular weight excluding hydrogens is 336 g/mol. The molecule has 0 aliphatic carbocycles. The average molecular weight is 353 g/mol. The van der Waals surface area contributed by atoms with Crippen molar-refractivity contribution in [3.8, 4) is 0 Å². The second kappa shape index (κ2) is 6.60. The number of halogens is 1. The summed E-state index contributed by atoms with van der Waals surface area (Å²) in [7, 11) is -1.87. The number of carbonyl (C=O) groups excluding carboxylic acids is 1. The first-order valence-corrected chi connectivity index (χ1v) is 9.02. The lowest BCUT2D eigenvalue weighted by Crippen LogP contribution is -2.24. The van der Waals surface area contributed by atoms with Gasteiger partial charge in [-0.25, -0.2) is 8.42 Å². The Bertz CT molecular complexity index is 833. The summed E-state index contributed by atoms with van der Waals surface area (Å²) in [5.41, 5.74) is 2.45. The Hall–Kier alpha value is -2.05. The first-order valence-electron chi connectivity index (χ1n) is 6.80. The van der Waals surface area contributed by atoms with Crippen LogP contribution in [0.1, 0.15) is 15.9 Å². The Morgan fingerprint density at radius 1 is 1.13 bits per heavy atom. The van der Waals surface area contributed by atoms with E-state index in [4.69, 9.17) is 11.6 Å². The quantitative estimate of drug-likeness (QED) is 0.918. The molecular formula is C16H17ClN2O3S. The highest BCUT2D eigenvalue weighted by Crippen LogP contribution is 2.22. The molecule has 1 amide bonds. The van der Waals surface area contributed by atoms with Gasteiger partial charge in [0, 0.05) is 23.3 Å². The van der Waals surface area contributed by atoms with Crippen LogP contribution in [-0.2, 0) is 10.0 Å². The summed E-state index contributed by atoms with van der Waals surface area (Å²) in [6.45, 7) is 1.87. The number of aryl methyl sites for hydroxylation is 1. The van der Waals surface area contributed by atoms with Crippen LogP contribution in [0.5, 0.6) is 0 Å². The number of sulfonamides is 1. The van der Waals surface area contributed by atoms with Crippen LogP contribution in [0.4, 0.5) is 11.4 Å². The zero-order valence-electron chi connectivity index (χ0n) is 13.0. The van der Waals surface area contributed by atoms with Crippen molar-refractivity contribution in [3.05, 3.63) is 58.6 Å². The predicted molar refractivity (Wildman–Crippen MR) is 93.8 cm³/mol. The molecule has 2 rings (SSSR count). The second-order valence-corrected chi connectivity index (χ2v) is 7.64. The van der Waals surface area contributed by atoms with Crippen molar-refractivity contribution in [1.29, 1.82) is 0 Å². The smallest absolute Gasteiger partial charge is 0.255 e. The highest BCUT2D eigenvalue weighted by molar-refractivity contribution is 7.92. The fraction of sp³-hybridized carbons (Fsp3) is 0.188. The van der Waals surface area contributed by atoms with E-state index in [1.165, 1.54) is 7.05 Å². The van der Waals surface area contributed by atoms with Crippen LogP contribution in [0, 0.1) is 6.92 Å². The van der Waals surface area contributed by atoms with Crippen molar-refractivity contribution in [2.75, 3.05) is 22.9 Å². The lowest BCUT2D eigenvalue weighted by molar-refractivity contribution is 0.102. The maximum atomic E-state index is 12.3. The van der Waals surface area contributed by atoms with Crippen molar-refractivity contribution >= 4 is 38.9 Å². The lowest BCUT2D eigenvalue weighted by atomic mass is 10.1. The Balaban J connectivity index is 2.19. The fourth-order valence-corrected chi connectivity index (χ4v) is 2.61. The van der Waals surface area contributed by atoms with Crippen LogP contribution >= 0.6 is 11.6 Å². The first-order chi connectivity index (χ1) is 10.7. The predicted octanol–water partition coefficient (Wildman–Crippen LogP) is 3.30. The van der Waals surface area contributed by atoms with Gasteiger partial charge in [-0.2, -0.15) is 0 Å². The van der Waals surface area contributed by atoms with E-state index in [0.717, 1.165) is 16.1 Å². The van der Waals surface area contributed by atoms with E-state index in [1.807, 2.05) is 13.0 Å². The molecule has 0 atom stereocenters. The van der Waals surface area contributed by atoms with Gasteiger partial charge in [0.15, 0.2) is 0 Å². The maximum absolute atomic E-state index is 12.3. The first kappa shape index (κ1) is 17.3. The number of anilines is 2. The van der Waals surface area contributed by atoms with E-state index in [-0.39, 0.29) is 5.91 Å². The molecule has 0 radical (unpaired) electrons. The summed E-state index contributed by atoms with van der Waals surface area (Å²) in [6.07, 6.45) is 1.12. The van der Waals surface area contributed by atoms with Gasteiger partial charge in [-0.15, -0.1) is 0 Å². The molecule has 23 heavy (non-hydrogen) atoms. The highest BCUT2D eigenvalue weighted by Gasteiger charge is 2.13. The van der Waals surface area contributed by atoms with E-state index in [1.54, 1.807) is 36.4 Å². The molecule has 122 valence electrons. The molecule has 0 aliphatic rings. The summed E-state index contributed by atoms with van der Waals surface area (Å²) in [5, 5.41) is 3.33. The lowest BCUT2D eigenvalue weighted by Gasteiger charge is -2.16. The Morgan fingerprint density at radius 2 is 1.74 bits per heavy atom. The van der Waals surface area contributed by atoms with Gasteiger partial charge in [-0.05, 0) is 48.9 Å². The minimum atomic E-state index is -3.33. The number of hydrogen-bond donors (Lipinski definition) is 1. The molecule has 0 spiro atoms. The third kappa shape index (κ3) is 4.24. The van der Waals surface area contributed by atoms with Crippen LogP contribution in [0.25, 0.3) is 0 Å². The van der Waals surface area contributed by atoms with Crippen molar-refractivity contribution in [3.63, 3.8) is 0 Å². The molecule has 0 fully saturated rings. The average Bonchev–Trinajstić information content (AvgIpc) is 2.49. The van der Waals surface area contributed by atoms with Gasteiger partial charge >= 0.3 is 0 Å². The number of carbonyl (C=O) groups is 1. The molecule has 2 aromatic carbocycles. The fourth-order valence-electron chi connectivity index (χ4n) is 1.94. The van der Waals surface area contributed by atoms with Crippen LogP contribution in [0.3, 0.4) is 0 Å². The van der Waals surface area contributed by atoms with E-state index in [2.05, 4.69) is 5.32 Å². The van der Waals surface area contributed by atoms with Gasteiger partial charge < -0.3 is 5.32 Å². The summed E-state index contributed by atoms with van der Waals surface area (Å²) >= 11 is 5.93. The van der Waals surface area contributed by atoms with E-state index in [9.17, 15) is 13.2 Å². The van der Waals surface area contributed by atoms with Gasteiger partial charge in [0.1, 0.15) is 0 Å². The molecule has 0 unspecified atom stereocenters. The van der Waals surface area contributed by atoms with Crippen molar-refractivity contribution in [1.82, 2.24) is 0 Å². The zero-order valence-corrected chi connectivity index (χ0v) is 14.6. The molecule has 0 heterocycles. The van der Waals surface area contributed by atoms with Crippen molar-refractivity contribution < 1.29 is 13.2 Å². The van der Waals surface area contributed by atoms with Crippen LogP contribution < -0.4 is 9.62 Å². The summed E-state index contributed by atoms with van der Waals surface area (Å²) in [4.78, 5) is 12.3. The molecule has 0 aromatic heterocycles. The zero-order chi connectivity index (χ0) is 17.2. The van der Waals surface area contributed by atoms with Gasteiger partial charge in [0.2, 0.25) is 10.0 Å². The van der Waals surface area contributed by atoms with Crippen LogP contribution in [0.2, 0.25) is 5.02 Å². The Kier molecular flexibility index (Phi) is 4.97. The molecule has 7 heteroatoms. The number of amides is 1. The molecule has 0 aliphatic heterocycles. The minimum Gasteiger partial charge on any atom is -0.322 e. The maximum Gasteiger partial charge on any atom is 0.255 e. The Labute approximate surface area is 140 Å². The number of benzene rings is 2. The second-order valence-electron chi connectivity index (χ2n) is 5.19. The van der Waals surface area contributed by atoms with Crippen LogP contribution in [-0.4, -0.2) is 27.6 Å². The van der Waals surface area contributed by atoms with Crippen LogP contribution in [0.15, 0.2) is 42.5 Å². The molecule has 0 saturated heterocycles. The normalized spacial score (nSPS) is 11.1. The molecule has 2 aromatic rings. The molecule has 5 nitrogen and oxygen atoms in total. The monoisotopic (exact) mass is 352 g/mol.